The van der Waals surface area contributed by atoms with Crippen molar-refractivity contribution in [2.75, 3.05) is 5.75 Å². The lowest BCUT2D eigenvalue weighted by molar-refractivity contribution is 0.101. The first-order valence-electron chi connectivity index (χ1n) is 8.93. The van der Waals surface area contributed by atoms with Gasteiger partial charge in [0.15, 0.2) is 10.9 Å². The van der Waals surface area contributed by atoms with E-state index in [9.17, 15) is 4.79 Å². The highest BCUT2D eigenvalue weighted by Crippen LogP contribution is 2.32. The van der Waals surface area contributed by atoms with Crippen molar-refractivity contribution in [3.63, 3.8) is 0 Å². The normalized spacial score (nSPS) is 12.2. The molecule has 0 bridgehead atoms. The number of carbonyl (C=O) groups is 1. The fourth-order valence-electron chi connectivity index (χ4n) is 3.14. The van der Waals surface area contributed by atoms with Crippen molar-refractivity contribution in [2.45, 2.75) is 18.1 Å². The van der Waals surface area contributed by atoms with Crippen molar-refractivity contribution < 1.29 is 4.79 Å². The lowest BCUT2D eigenvalue weighted by Gasteiger charge is -2.17. The molecule has 6 heteroatoms. The minimum absolute atomic E-state index is 0.0189. The number of imidazole rings is 1. The van der Waals surface area contributed by atoms with Gasteiger partial charge < -0.3 is 4.57 Å². The number of ketones is 1. The molecule has 2 heterocycles. The molecule has 1 atom stereocenters. The molecule has 4 aromatic rings. The summed E-state index contributed by atoms with van der Waals surface area (Å²) >= 11 is 7.59. The average molecular weight is 408 g/mol. The third kappa shape index (κ3) is 3.81. The second-order valence-electron chi connectivity index (χ2n) is 6.41. The van der Waals surface area contributed by atoms with Crippen LogP contribution in [0, 0.1) is 0 Å². The van der Waals surface area contributed by atoms with Crippen molar-refractivity contribution in [2.24, 2.45) is 0 Å². The maximum atomic E-state index is 12.5. The molecule has 0 radical (unpaired) electrons. The Labute approximate surface area is 172 Å². The number of hydrogen-bond acceptors (Lipinski definition) is 4. The Morgan fingerprint density at radius 2 is 1.89 bits per heavy atom. The lowest BCUT2D eigenvalue weighted by Crippen LogP contribution is -2.10. The third-order valence-corrected chi connectivity index (χ3v) is 5.76. The molecule has 0 saturated carbocycles. The fourth-order valence-corrected chi connectivity index (χ4v) is 4.27. The number of rotatable bonds is 6. The topological polar surface area (TPSA) is 47.8 Å². The van der Waals surface area contributed by atoms with Crippen molar-refractivity contribution in [3.8, 4) is 0 Å². The standard InChI is InChI=1S/C22H18ClN3OS/c1-15(16-7-3-2-4-8-16)26-20-11-10-17(23)13-19(20)25-22(26)28-14-21(27)18-9-5-6-12-24-18/h2-13,15H,14H2,1H3/t15-/m0/s1. The number of hydrogen-bond donors (Lipinski definition) is 0. The van der Waals surface area contributed by atoms with Crippen LogP contribution in [0.4, 0.5) is 0 Å². The molecule has 0 amide bonds. The summed E-state index contributed by atoms with van der Waals surface area (Å²) in [5.74, 6) is 0.255. The summed E-state index contributed by atoms with van der Waals surface area (Å²) < 4.78 is 2.16. The molecule has 2 aromatic heterocycles. The number of nitrogens with zero attached hydrogens (tertiary/aromatic N) is 3. The molecule has 0 aliphatic rings. The summed E-state index contributed by atoms with van der Waals surface area (Å²) in [5.41, 5.74) is 3.46. The van der Waals surface area contributed by atoms with Gasteiger partial charge in [0.2, 0.25) is 0 Å². The molecule has 0 saturated heterocycles. The number of benzene rings is 2. The molecule has 0 aliphatic carbocycles. The van der Waals surface area contributed by atoms with Crippen LogP contribution in [0.25, 0.3) is 11.0 Å². The first-order chi connectivity index (χ1) is 13.6. The predicted molar refractivity (Wildman–Crippen MR) is 114 cm³/mol. The van der Waals surface area contributed by atoms with E-state index in [0.29, 0.717) is 10.7 Å². The number of aromatic nitrogens is 3. The van der Waals surface area contributed by atoms with Gasteiger partial charge in [0.05, 0.1) is 22.8 Å². The van der Waals surface area contributed by atoms with Crippen molar-refractivity contribution >= 4 is 40.2 Å². The molecular formula is C22H18ClN3OS. The van der Waals surface area contributed by atoms with Crippen molar-refractivity contribution in [1.82, 2.24) is 14.5 Å². The fraction of sp³-hybridized carbons (Fsp3) is 0.136. The van der Waals surface area contributed by atoms with Crippen LogP contribution >= 0.6 is 23.4 Å². The van der Waals surface area contributed by atoms with Gasteiger partial charge in [0, 0.05) is 11.2 Å². The second-order valence-corrected chi connectivity index (χ2v) is 7.79. The number of Topliss-reactive ketones (excluding diaryl/α,β-unsaturated/α-hetero) is 1. The number of carbonyl (C=O) groups excluding carboxylic acids is 1. The van der Waals surface area contributed by atoms with Crippen LogP contribution < -0.4 is 0 Å². The minimum Gasteiger partial charge on any atom is -0.312 e. The Bertz CT molecular complexity index is 1110. The summed E-state index contributed by atoms with van der Waals surface area (Å²) in [5, 5.41) is 1.43. The van der Waals surface area contributed by atoms with Crippen LogP contribution in [0.1, 0.15) is 29.0 Å². The van der Waals surface area contributed by atoms with Gasteiger partial charge in [-0.25, -0.2) is 4.98 Å². The highest BCUT2D eigenvalue weighted by atomic mass is 35.5. The first-order valence-corrected chi connectivity index (χ1v) is 10.3. The molecule has 140 valence electrons. The smallest absolute Gasteiger partial charge is 0.191 e. The lowest BCUT2D eigenvalue weighted by atomic mass is 10.1. The highest BCUT2D eigenvalue weighted by molar-refractivity contribution is 7.99. The maximum absolute atomic E-state index is 12.5. The van der Waals surface area contributed by atoms with E-state index < -0.39 is 0 Å². The van der Waals surface area contributed by atoms with Crippen molar-refractivity contribution in [1.29, 1.82) is 0 Å². The minimum atomic E-state index is -0.0189. The Morgan fingerprint density at radius 3 is 2.64 bits per heavy atom. The van der Waals surface area contributed by atoms with E-state index in [4.69, 9.17) is 16.6 Å². The SMILES string of the molecule is C[C@@H](c1ccccc1)n1c(SCC(=O)c2ccccn2)nc2cc(Cl)ccc21. The Hall–Kier alpha value is -2.63. The number of fused-ring (bicyclic) bond motifs is 1. The quantitative estimate of drug-likeness (QED) is 0.305. The molecule has 0 N–H and O–H groups in total. The van der Waals surface area contributed by atoms with E-state index in [0.717, 1.165) is 16.2 Å². The maximum Gasteiger partial charge on any atom is 0.191 e. The van der Waals surface area contributed by atoms with Gasteiger partial charge in [-0.2, -0.15) is 0 Å². The highest BCUT2D eigenvalue weighted by Gasteiger charge is 2.19. The third-order valence-electron chi connectivity index (χ3n) is 4.57. The zero-order chi connectivity index (χ0) is 19.5. The Balaban J connectivity index is 1.70. The largest absolute Gasteiger partial charge is 0.312 e. The van der Waals surface area contributed by atoms with Gasteiger partial charge in [0.25, 0.3) is 0 Å². The molecule has 0 aliphatic heterocycles. The van der Waals surface area contributed by atoms with Crippen LogP contribution in [-0.4, -0.2) is 26.1 Å². The van der Waals surface area contributed by atoms with Crippen LogP contribution in [0.2, 0.25) is 5.02 Å². The Morgan fingerprint density at radius 1 is 1.11 bits per heavy atom. The zero-order valence-electron chi connectivity index (χ0n) is 15.2. The summed E-state index contributed by atoms with van der Waals surface area (Å²) in [7, 11) is 0. The molecule has 2 aromatic carbocycles. The monoisotopic (exact) mass is 407 g/mol. The van der Waals surface area contributed by atoms with E-state index in [-0.39, 0.29) is 17.6 Å². The van der Waals surface area contributed by atoms with Crippen LogP contribution in [0.3, 0.4) is 0 Å². The van der Waals surface area contributed by atoms with E-state index in [1.54, 1.807) is 18.3 Å². The summed E-state index contributed by atoms with van der Waals surface area (Å²) in [6, 6.07) is 21.4. The molecule has 0 unspecified atom stereocenters. The van der Waals surface area contributed by atoms with Gasteiger partial charge >= 0.3 is 0 Å². The summed E-state index contributed by atoms with van der Waals surface area (Å²) in [4.78, 5) is 21.4. The number of thioether (sulfide) groups is 1. The first kappa shape index (κ1) is 18.7. The van der Waals surface area contributed by atoms with Gasteiger partial charge in [-0.3, -0.25) is 9.78 Å². The summed E-state index contributed by atoms with van der Waals surface area (Å²) in [6.07, 6.45) is 1.63. The number of pyridine rings is 1. The van der Waals surface area contributed by atoms with Crippen LogP contribution in [0.15, 0.2) is 78.1 Å². The van der Waals surface area contributed by atoms with Crippen molar-refractivity contribution in [3.05, 3.63) is 89.2 Å². The van der Waals surface area contributed by atoms with Crippen LogP contribution in [0.5, 0.6) is 0 Å². The number of halogens is 1. The zero-order valence-corrected chi connectivity index (χ0v) is 16.8. The molecule has 0 fully saturated rings. The van der Waals surface area contributed by atoms with E-state index in [1.807, 2.05) is 42.5 Å². The molecular weight excluding hydrogens is 390 g/mol. The van der Waals surface area contributed by atoms with E-state index >= 15 is 0 Å². The second kappa shape index (κ2) is 8.17. The van der Waals surface area contributed by atoms with E-state index in [1.165, 1.54) is 17.3 Å². The van der Waals surface area contributed by atoms with Crippen LogP contribution in [-0.2, 0) is 0 Å². The van der Waals surface area contributed by atoms with Gasteiger partial charge in [-0.1, -0.05) is 59.8 Å². The average Bonchev–Trinajstić information content (AvgIpc) is 3.10. The molecule has 4 nitrogen and oxygen atoms in total. The predicted octanol–water partition coefficient (Wildman–Crippen LogP) is 5.67. The van der Waals surface area contributed by atoms with Gasteiger partial charge in [0.1, 0.15) is 5.69 Å². The molecule has 4 rings (SSSR count). The van der Waals surface area contributed by atoms with E-state index in [2.05, 4.69) is 28.6 Å². The summed E-state index contributed by atoms with van der Waals surface area (Å²) in [6.45, 7) is 2.13. The Kier molecular flexibility index (Phi) is 5.46. The van der Waals surface area contributed by atoms with Gasteiger partial charge in [-0.05, 0) is 42.8 Å². The molecule has 28 heavy (non-hydrogen) atoms. The van der Waals surface area contributed by atoms with Gasteiger partial charge in [-0.15, -0.1) is 0 Å². The molecule has 0 spiro atoms.